The van der Waals surface area contributed by atoms with Crippen molar-refractivity contribution >= 4 is 68.5 Å². The third-order valence-electron chi connectivity index (χ3n) is 8.49. The van der Waals surface area contributed by atoms with Gasteiger partial charge < -0.3 is 22.4 Å². The van der Waals surface area contributed by atoms with Crippen LogP contribution in [0, 0.1) is 5.92 Å². The Bertz CT molecular complexity index is 1400. The van der Waals surface area contributed by atoms with E-state index in [0.717, 1.165) is 0 Å². The third kappa shape index (κ3) is 6.45. The normalized spacial score (nSPS) is 25.1. The van der Waals surface area contributed by atoms with Gasteiger partial charge in [0.25, 0.3) is 5.56 Å². The summed E-state index contributed by atoms with van der Waals surface area (Å²) in [5, 5.41) is 2.67. The molecule has 0 bridgehead atoms. The van der Waals surface area contributed by atoms with E-state index in [0.29, 0.717) is 4.38 Å². The van der Waals surface area contributed by atoms with Crippen LogP contribution in [-0.2, 0) is 27.2 Å². The largest absolute Gasteiger partial charge is 0.468 e. The fourth-order valence-electron chi connectivity index (χ4n) is 6.06. The second kappa shape index (κ2) is 13.6. The molecule has 2 aromatic rings. The van der Waals surface area contributed by atoms with Crippen molar-refractivity contribution in [1.29, 1.82) is 0 Å². The molecule has 4 rings (SSSR count). The minimum atomic E-state index is -3.00. The van der Waals surface area contributed by atoms with Gasteiger partial charge in [-0.2, -0.15) is 4.98 Å². The molecule has 2 N–H and O–H groups in total. The highest BCUT2D eigenvalue weighted by Gasteiger charge is 2.62. The standard InChI is InChI=1S/C28H47N5O7S2Si2/c1-14(2)24(34)31-27-30-23-20(25(35)32-27)29-13-33(23)26-22(38-28(41)42-11)21-19(37-26)12-36-43(15(3)4,16(5)6)40-44(39-21,17(7)8)18(9)10/h13-19,21-22,26H,12H2,1-11H3,(H2,30,31,32,34,35)/t19-,21-,22-,26-/m1/s1. The first-order valence-electron chi connectivity index (χ1n) is 15.3. The quantitative estimate of drug-likeness (QED) is 0.265. The van der Waals surface area contributed by atoms with Crippen molar-refractivity contribution in [1.82, 2.24) is 19.5 Å². The predicted molar refractivity (Wildman–Crippen MR) is 180 cm³/mol. The monoisotopic (exact) mass is 685 g/mol. The fraction of sp³-hybridized carbons (Fsp3) is 0.750. The maximum Gasteiger partial charge on any atom is 0.335 e. The molecule has 0 aromatic carbocycles. The number of hydrogen-bond donors (Lipinski definition) is 2. The van der Waals surface area contributed by atoms with Gasteiger partial charge in [-0.1, -0.05) is 81.0 Å². The molecule has 4 heterocycles. The van der Waals surface area contributed by atoms with Crippen LogP contribution in [-0.4, -0.2) is 78.1 Å². The molecule has 1 amide bonds. The second-order valence-electron chi connectivity index (χ2n) is 13.0. The number of hydrogen-bond acceptors (Lipinski definition) is 11. The molecular weight excluding hydrogens is 639 g/mol. The lowest BCUT2D eigenvalue weighted by Gasteiger charge is -2.51. The van der Waals surface area contributed by atoms with Crippen LogP contribution in [0.2, 0.25) is 22.2 Å². The van der Waals surface area contributed by atoms with E-state index in [1.807, 2.05) is 6.26 Å². The number of fused-ring (bicyclic) bond motifs is 2. The Balaban J connectivity index is 1.86. The number of ether oxygens (including phenoxy) is 2. The van der Waals surface area contributed by atoms with Gasteiger partial charge in [-0.15, -0.1) is 0 Å². The lowest BCUT2D eigenvalue weighted by atomic mass is 10.1. The molecule has 4 atom stereocenters. The molecule has 0 radical (unpaired) electrons. The smallest absolute Gasteiger partial charge is 0.335 e. The first kappa shape index (κ1) is 35.2. The Labute approximate surface area is 271 Å². The van der Waals surface area contributed by atoms with Gasteiger partial charge in [0.2, 0.25) is 16.2 Å². The van der Waals surface area contributed by atoms with Gasteiger partial charge >= 0.3 is 17.1 Å². The van der Waals surface area contributed by atoms with E-state index in [4.69, 9.17) is 34.7 Å². The predicted octanol–water partition coefficient (Wildman–Crippen LogP) is 5.60. The molecule has 0 saturated carbocycles. The average molecular weight is 686 g/mol. The number of rotatable bonds is 8. The topological polar surface area (TPSA) is 139 Å². The molecule has 0 spiro atoms. The van der Waals surface area contributed by atoms with Crippen molar-refractivity contribution in [3.8, 4) is 0 Å². The minimum Gasteiger partial charge on any atom is -0.468 e. The molecule has 2 aliphatic rings. The maximum absolute atomic E-state index is 13.0. The number of nitrogens with zero attached hydrogens (tertiary/aromatic N) is 3. The van der Waals surface area contributed by atoms with E-state index in [9.17, 15) is 9.59 Å². The molecule has 246 valence electrons. The Hall–Kier alpha value is -1.67. The third-order valence-corrected chi connectivity index (χ3v) is 19.8. The van der Waals surface area contributed by atoms with E-state index in [1.165, 1.54) is 18.1 Å². The highest BCUT2D eigenvalue weighted by Crippen LogP contribution is 2.49. The summed E-state index contributed by atoms with van der Waals surface area (Å²) < 4.78 is 36.7. The first-order chi connectivity index (χ1) is 20.6. The van der Waals surface area contributed by atoms with Crippen molar-refractivity contribution in [3.63, 3.8) is 0 Å². The molecule has 0 aliphatic carbocycles. The van der Waals surface area contributed by atoms with Gasteiger partial charge in [0.1, 0.15) is 12.2 Å². The highest BCUT2D eigenvalue weighted by molar-refractivity contribution is 8.22. The summed E-state index contributed by atoms with van der Waals surface area (Å²) in [5.74, 6) is -0.566. The van der Waals surface area contributed by atoms with Crippen LogP contribution in [0.25, 0.3) is 11.2 Å². The fourth-order valence-corrected chi connectivity index (χ4v) is 17.6. The van der Waals surface area contributed by atoms with E-state index in [2.05, 4.69) is 75.7 Å². The number of nitrogens with one attached hydrogen (secondary N) is 2. The van der Waals surface area contributed by atoms with E-state index in [1.54, 1.807) is 18.4 Å². The van der Waals surface area contributed by atoms with E-state index < -0.39 is 47.2 Å². The van der Waals surface area contributed by atoms with Crippen molar-refractivity contribution in [2.75, 3.05) is 18.2 Å². The summed E-state index contributed by atoms with van der Waals surface area (Å²) in [6.45, 7) is 21.1. The molecule has 16 heteroatoms. The molecule has 2 aliphatic heterocycles. The van der Waals surface area contributed by atoms with Crippen molar-refractivity contribution in [2.45, 2.75) is 116 Å². The number of aromatic nitrogens is 4. The number of thioether (sulfide) groups is 1. The average Bonchev–Trinajstić information content (AvgIpc) is 3.49. The lowest BCUT2D eigenvalue weighted by Crippen LogP contribution is -2.66. The van der Waals surface area contributed by atoms with Crippen molar-refractivity contribution in [3.05, 3.63) is 16.7 Å². The van der Waals surface area contributed by atoms with Crippen molar-refractivity contribution < 1.29 is 27.2 Å². The Morgan fingerprint density at radius 3 is 2.25 bits per heavy atom. The minimum absolute atomic E-state index is 0.0211. The molecule has 2 aromatic heterocycles. The van der Waals surface area contributed by atoms with Crippen LogP contribution in [0.4, 0.5) is 5.95 Å². The number of aromatic amines is 1. The lowest BCUT2D eigenvalue weighted by molar-refractivity contribution is -0.118. The van der Waals surface area contributed by atoms with Gasteiger partial charge in [0.05, 0.1) is 12.9 Å². The number of anilines is 1. The highest BCUT2D eigenvalue weighted by atomic mass is 32.2. The molecule has 12 nitrogen and oxygen atoms in total. The summed E-state index contributed by atoms with van der Waals surface area (Å²) >= 11 is 6.85. The molecule has 44 heavy (non-hydrogen) atoms. The van der Waals surface area contributed by atoms with E-state index in [-0.39, 0.29) is 57.7 Å². The zero-order valence-electron chi connectivity index (χ0n) is 27.5. The van der Waals surface area contributed by atoms with Gasteiger partial charge in [0.15, 0.2) is 23.5 Å². The number of carbonyl (C=O) groups excluding carboxylic acids is 1. The number of thiocarbonyl (C=S) groups is 1. The van der Waals surface area contributed by atoms with Crippen molar-refractivity contribution in [2.24, 2.45) is 5.92 Å². The maximum atomic E-state index is 13.0. The van der Waals surface area contributed by atoms with Gasteiger partial charge in [0, 0.05) is 5.92 Å². The van der Waals surface area contributed by atoms with Crippen LogP contribution in [0.1, 0.15) is 75.5 Å². The summed E-state index contributed by atoms with van der Waals surface area (Å²) in [7, 11) is -5.81. The summed E-state index contributed by atoms with van der Waals surface area (Å²) in [5.41, 5.74) is 0.397. The Morgan fingerprint density at radius 2 is 1.70 bits per heavy atom. The Morgan fingerprint density at radius 1 is 1.09 bits per heavy atom. The molecule has 0 unspecified atom stereocenters. The summed E-state index contributed by atoms with van der Waals surface area (Å²) in [6, 6.07) is 0. The number of imidazole rings is 1. The molecular formula is C28H47N5O7S2Si2. The van der Waals surface area contributed by atoms with Crippen LogP contribution in [0.5, 0.6) is 0 Å². The zero-order chi connectivity index (χ0) is 32.7. The number of carbonyl (C=O) groups is 1. The van der Waals surface area contributed by atoms with Gasteiger partial charge in [-0.25, -0.2) is 4.98 Å². The number of amides is 1. The Kier molecular flexibility index (Phi) is 10.9. The van der Waals surface area contributed by atoms with Crippen LogP contribution in [0.3, 0.4) is 0 Å². The summed E-state index contributed by atoms with van der Waals surface area (Å²) in [4.78, 5) is 36.9. The van der Waals surface area contributed by atoms with Crippen LogP contribution in [0.15, 0.2) is 11.1 Å². The second-order valence-corrected chi connectivity index (χ2v) is 23.3. The molecule has 2 fully saturated rings. The van der Waals surface area contributed by atoms with E-state index >= 15 is 0 Å². The first-order valence-corrected chi connectivity index (χ1v) is 20.8. The summed E-state index contributed by atoms with van der Waals surface area (Å²) in [6.07, 6.45) is 0.692. The number of H-pyrrole nitrogens is 1. The SMILES string of the molecule is CSC(=S)O[C@@H]1[C@@H]2O[Si](C(C)C)(C(C)C)O[Si](C(C)C)(C(C)C)OC[C@H]2O[C@H]1n1cnc2c(=O)[nH]c(NC(=O)C(C)C)nc21. The van der Waals surface area contributed by atoms with Crippen LogP contribution < -0.4 is 10.9 Å². The zero-order valence-corrected chi connectivity index (χ0v) is 31.1. The van der Waals surface area contributed by atoms with Gasteiger partial charge in [-0.3, -0.25) is 24.5 Å². The van der Waals surface area contributed by atoms with Gasteiger partial charge in [-0.05, 0) is 40.6 Å². The molecule has 2 saturated heterocycles. The van der Waals surface area contributed by atoms with Crippen LogP contribution >= 0.6 is 24.0 Å².